The summed E-state index contributed by atoms with van der Waals surface area (Å²) < 4.78 is 22.7. The molecular weight excluding hydrogens is 1180 g/mol. The number of likely N-dealkylation sites (tertiary alicyclic amines) is 2. The minimum Gasteiger partial charge on any atom is -0.507 e. The van der Waals surface area contributed by atoms with Crippen LogP contribution in [0.3, 0.4) is 0 Å². The second-order valence-corrected chi connectivity index (χ2v) is 24.5. The van der Waals surface area contributed by atoms with Crippen LogP contribution in [0.1, 0.15) is 120 Å². The SMILES string of the molecule is COC1=CCc2ccc(Cl)cc21.O=C1/C(=C/C2=CCc3ccc(Cl)cc32)Oc2c1ccc(O)c2CN1CCCCC1.O=C1/C(=C/C2=CCc3ccc(Cl)cc32)Oc2c1ccc(O)c2CN1CCNCC1.O=C1COc2c1ccc(O)c2CN1CCCCC1. The molecule has 0 amide bonds. The summed E-state index contributed by atoms with van der Waals surface area (Å²) in [5.74, 6) is 3.36. The quantitative estimate of drug-likeness (QED) is 0.101. The van der Waals surface area contributed by atoms with Crippen molar-refractivity contribution < 1.29 is 48.7 Å². The summed E-state index contributed by atoms with van der Waals surface area (Å²) in [7, 11) is 1.68. The van der Waals surface area contributed by atoms with Crippen molar-refractivity contribution in [2.45, 2.75) is 77.4 Å². The summed E-state index contributed by atoms with van der Waals surface area (Å²) in [6.45, 7) is 9.65. The number of carbonyl (C=O) groups is 3. The number of hydrogen-bond donors (Lipinski definition) is 4. The van der Waals surface area contributed by atoms with Gasteiger partial charge in [-0.25, -0.2) is 0 Å². The maximum absolute atomic E-state index is 13.0. The summed E-state index contributed by atoms with van der Waals surface area (Å²) in [6, 6.07) is 27.3. The van der Waals surface area contributed by atoms with Gasteiger partial charge in [0.25, 0.3) is 0 Å². The number of hydrogen-bond acceptors (Lipinski definition) is 14. The number of fused-ring (bicyclic) bond motifs is 6. The van der Waals surface area contributed by atoms with Gasteiger partial charge in [-0.3, -0.25) is 29.1 Å². The highest BCUT2D eigenvalue weighted by Gasteiger charge is 2.35. The van der Waals surface area contributed by atoms with E-state index in [-0.39, 0.29) is 47.0 Å². The lowest BCUT2D eigenvalue weighted by molar-refractivity contribution is 0.0959. The van der Waals surface area contributed by atoms with Crippen molar-refractivity contribution in [2.24, 2.45) is 0 Å². The van der Waals surface area contributed by atoms with E-state index in [9.17, 15) is 29.7 Å². The molecule has 0 unspecified atom stereocenters. The number of phenols is 3. The van der Waals surface area contributed by atoms with E-state index in [1.165, 1.54) is 42.4 Å². The van der Waals surface area contributed by atoms with Crippen molar-refractivity contribution in [3.05, 3.63) is 215 Å². The van der Waals surface area contributed by atoms with Crippen LogP contribution in [0.2, 0.25) is 15.1 Å². The molecule has 0 bridgehead atoms. The van der Waals surface area contributed by atoms with Gasteiger partial charge in [0.2, 0.25) is 17.3 Å². The molecule has 0 radical (unpaired) electrons. The Bertz CT molecular complexity index is 3730. The van der Waals surface area contributed by atoms with Crippen molar-refractivity contribution in [3.8, 4) is 34.5 Å². The second-order valence-electron chi connectivity index (χ2n) is 23.2. The van der Waals surface area contributed by atoms with Crippen LogP contribution in [0.4, 0.5) is 0 Å². The first kappa shape index (κ1) is 60.6. The predicted molar refractivity (Wildman–Crippen MR) is 343 cm³/mol. The molecule has 3 fully saturated rings. The molecule has 4 N–H and O–H groups in total. The molecule has 3 aliphatic carbocycles. The average molecular weight is 1240 g/mol. The van der Waals surface area contributed by atoms with Gasteiger partial charge < -0.3 is 39.6 Å². The van der Waals surface area contributed by atoms with E-state index in [1.807, 2.05) is 54.6 Å². The Morgan fingerprint density at radius 1 is 0.489 bits per heavy atom. The summed E-state index contributed by atoms with van der Waals surface area (Å²) in [5.41, 5.74) is 12.5. The molecule has 9 aliphatic rings. The number of carbonyl (C=O) groups excluding carboxylic acids is 3. The molecule has 0 atom stereocenters. The average Bonchev–Trinajstić information content (AvgIpc) is 4.21. The topological polar surface area (TPSA) is 171 Å². The molecule has 6 aromatic rings. The number of ether oxygens (including phenoxy) is 4. The lowest BCUT2D eigenvalue weighted by Gasteiger charge is -2.27. The van der Waals surface area contributed by atoms with Crippen molar-refractivity contribution >= 4 is 69.1 Å². The first-order chi connectivity index (χ1) is 42.8. The summed E-state index contributed by atoms with van der Waals surface area (Å²) in [4.78, 5) is 44.4. The number of methoxy groups -OCH3 is 1. The number of rotatable bonds is 9. The molecule has 0 spiro atoms. The van der Waals surface area contributed by atoms with Gasteiger partial charge >= 0.3 is 0 Å². The molecule has 14 nitrogen and oxygen atoms in total. The van der Waals surface area contributed by atoms with Crippen LogP contribution in [0.25, 0.3) is 16.9 Å². The molecule has 3 saturated heterocycles. The maximum atomic E-state index is 13.0. The lowest BCUT2D eigenvalue weighted by Crippen LogP contribution is -2.42. The summed E-state index contributed by atoms with van der Waals surface area (Å²) >= 11 is 18.2. The van der Waals surface area contributed by atoms with Crippen LogP contribution in [-0.4, -0.2) is 113 Å². The second kappa shape index (κ2) is 27.0. The number of Topliss-reactive ketones (excluding diaryl/α,β-unsaturated/α-hetero) is 3. The maximum Gasteiger partial charge on any atom is 0.231 e. The molecule has 6 heterocycles. The highest BCUT2D eigenvalue weighted by Crippen LogP contribution is 2.44. The van der Waals surface area contributed by atoms with Crippen molar-refractivity contribution in [2.75, 3.05) is 66.1 Å². The number of allylic oxidation sites excluding steroid dienone is 9. The Hall–Kier alpha value is -7.66. The number of piperazine rings is 1. The molecule has 17 heteroatoms. The fraction of sp³-hybridized carbons (Fsp3) is 0.310. The van der Waals surface area contributed by atoms with Crippen molar-refractivity contribution in [3.63, 3.8) is 0 Å². The van der Waals surface area contributed by atoms with E-state index < -0.39 is 0 Å². The Morgan fingerprint density at radius 2 is 0.898 bits per heavy atom. The molecule has 88 heavy (non-hydrogen) atoms. The predicted octanol–water partition coefficient (Wildman–Crippen LogP) is 13.5. The number of aromatic hydroxyl groups is 3. The third kappa shape index (κ3) is 13.2. The Balaban J connectivity index is 0.000000120. The molecule has 6 aromatic carbocycles. The summed E-state index contributed by atoms with van der Waals surface area (Å²) in [6.07, 6.45) is 19.7. The molecular formula is C71H69Cl3N4O10. The Morgan fingerprint density at radius 3 is 1.36 bits per heavy atom. The van der Waals surface area contributed by atoms with Crippen LogP contribution < -0.4 is 19.5 Å². The van der Waals surface area contributed by atoms with Crippen molar-refractivity contribution in [1.29, 1.82) is 0 Å². The zero-order valence-corrected chi connectivity index (χ0v) is 51.3. The number of phenolic OH excluding ortho intramolecular Hbond substituents is 3. The largest absolute Gasteiger partial charge is 0.507 e. The lowest BCUT2D eigenvalue weighted by atomic mass is 10.0. The monoisotopic (exact) mass is 1240 g/mol. The van der Waals surface area contributed by atoms with Gasteiger partial charge in [0.1, 0.15) is 40.3 Å². The zero-order valence-electron chi connectivity index (χ0n) is 49.1. The number of ketones is 3. The smallest absolute Gasteiger partial charge is 0.231 e. The standard InChI is InChI=1S/C24H22ClNO3.C23H21ClN2O3.C14H17NO3.C10H9ClO/c25-17-7-6-15-4-5-16(19(15)13-17)12-22-23(28)18-8-9-21(27)20(24(18)29-22)14-26-10-2-1-3-11-26;24-16-4-3-14-1-2-15(18(14)12-16)11-21-22(28)17-5-6-20(27)19(23(17)29-21)13-26-9-7-25-8-10-26;16-12-5-4-10-13(17)9-18-14(10)11(12)8-15-6-2-1-3-7-15;1-12-10-5-3-7-2-4-8(11)6-9(7)10/h5-9,12-13,27H,1-4,10-11,14H2;2-6,11-12,25,27H,1,7-10,13H2;4-5,16H,1-3,6-9H2;2,4-6H,3H2,1H3/b22-12-;21-11-;;. The van der Waals surface area contributed by atoms with Crippen LogP contribution >= 0.6 is 34.8 Å². The molecule has 15 rings (SSSR count). The van der Waals surface area contributed by atoms with Gasteiger partial charge in [0.15, 0.2) is 18.1 Å². The third-order valence-corrected chi connectivity index (χ3v) is 18.2. The molecule has 0 saturated carbocycles. The van der Waals surface area contributed by atoms with Crippen LogP contribution in [0, 0.1) is 0 Å². The van der Waals surface area contributed by atoms with Gasteiger partial charge in [-0.2, -0.15) is 0 Å². The van der Waals surface area contributed by atoms with Crippen molar-refractivity contribution in [1.82, 2.24) is 20.0 Å². The summed E-state index contributed by atoms with van der Waals surface area (Å²) in [5, 5.41) is 36.3. The highest BCUT2D eigenvalue weighted by molar-refractivity contribution is 6.31. The van der Waals surface area contributed by atoms with E-state index in [0.717, 1.165) is 129 Å². The van der Waals surface area contributed by atoms with Crippen LogP contribution in [-0.2, 0) is 43.6 Å². The van der Waals surface area contributed by atoms with Gasteiger partial charge in [0, 0.05) is 66.4 Å². The fourth-order valence-electron chi connectivity index (χ4n) is 12.7. The van der Waals surface area contributed by atoms with Gasteiger partial charge in [-0.05, 0) is 201 Å². The van der Waals surface area contributed by atoms with E-state index >= 15 is 0 Å². The molecule has 454 valence electrons. The van der Waals surface area contributed by atoms with E-state index in [0.29, 0.717) is 80.5 Å². The third-order valence-electron chi connectivity index (χ3n) is 17.5. The first-order valence-electron chi connectivity index (χ1n) is 30.2. The molecule has 6 aliphatic heterocycles. The number of nitrogens with one attached hydrogen (secondary N) is 1. The fourth-order valence-corrected chi connectivity index (χ4v) is 13.2. The number of nitrogens with zero attached hydrogens (tertiary/aromatic N) is 3. The van der Waals surface area contributed by atoms with Gasteiger partial charge in [-0.15, -0.1) is 0 Å². The van der Waals surface area contributed by atoms with Crippen LogP contribution in [0.15, 0.2) is 133 Å². The number of benzene rings is 6. The van der Waals surface area contributed by atoms with E-state index in [4.69, 9.17) is 53.8 Å². The molecule has 0 aromatic heterocycles. The Labute approximate surface area is 527 Å². The minimum absolute atomic E-state index is 0.00453. The van der Waals surface area contributed by atoms with E-state index in [1.54, 1.807) is 55.7 Å². The minimum atomic E-state index is -0.155. The van der Waals surface area contributed by atoms with Crippen LogP contribution in [0.5, 0.6) is 34.5 Å². The first-order valence-corrected chi connectivity index (χ1v) is 31.4. The highest BCUT2D eigenvalue weighted by atomic mass is 35.5. The van der Waals surface area contributed by atoms with Gasteiger partial charge in [-0.1, -0.05) is 78.0 Å². The zero-order chi connectivity index (χ0) is 61.0. The number of halogens is 3. The van der Waals surface area contributed by atoms with Gasteiger partial charge in [0.05, 0.1) is 40.5 Å². The van der Waals surface area contributed by atoms with E-state index in [2.05, 4.69) is 38.2 Å². The Kier molecular flexibility index (Phi) is 18.6. The number of piperidine rings is 2. The normalized spacial score (nSPS) is 19.0.